The predicted molar refractivity (Wildman–Crippen MR) is 82.8 cm³/mol. The molecule has 3 rings (SSSR count). The van der Waals surface area contributed by atoms with Crippen molar-refractivity contribution in [2.75, 3.05) is 6.54 Å². The Balaban J connectivity index is 2.02. The van der Waals surface area contributed by atoms with Crippen LogP contribution in [0.3, 0.4) is 0 Å². The number of benzene rings is 1. The highest BCUT2D eigenvalue weighted by Gasteiger charge is 2.25. The lowest BCUT2D eigenvalue weighted by Gasteiger charge is -2.14. The number of carbonyl (C=O) groups excluding carboxylic acids is 1. The van der Waals surface area contributed by atoms with Gasteiger partial charge in [-0.3, -0.25) is 4.79 Å². The molecule has 0 unspecified atom stereocenters. The predicted octanol–water partition coefficient (Wildman–Crippen LogP) is 2.89. The molecule has 0 saturated carbocycles. The van der Waals surface area contributed by atoms with Crippen molar-refractivity contribution in [1.29, 1.82) is 0 Å². The van der Waals surface area contributed by atoms with Gasteiger partial charge in [-0.2, -0.15) is 5.10 Å². The van der Waals surface area contributed by atoms with E-state index in [9.17, 15) is 4.79 Å². The van der Waals surface area contributed by atoms with Gasteiger partial charge in [-0.15, -0.1) is 0 Å². The number of hydrogen-bond acceptors (Lipinski definition) is 2. The Labute approximate surface area is 125 Å². The Morgan fingerprint density at radius 3 is 2.76 bits per heavy atom. The van der Waals surface area contributed by atoms with Crippen molar-refractivity contribution in [3.63, 3.8) is 0 Å². The molecule has 1 N–H and O–H groups in total. The maximum absolute atomic E-state index is 12.3. The molecule has 0 radical (unpaired) electrons. The molecule has 1 aliphatic carbocycles. The van der Waals surface area contributed by atoms with Crippen molar-refractivity contribution in [2.45, 2.75) is 39.0 Å². The van der Waals surface area contributed by atoms with Crippen LogP contribution in [-0.4, -0.2) is 22.2 Å². The third-order valence-corrected chi connectivity index (χ3v) is 3.93. The highest BCUT2D eigenvalue weighted by atomic mass is 16.1. The standard InChI is InChI=1S/C17H21N3O/c1-2-12-18-17(21)16-14-10-6-7-11-15(14)20(19-16)13-8-4-3-5-9-13/h3-5,8-9H,2,6-7,10-12H2,1H3,(H,18,21). The maximum Gasteiger partial charge on any atom is 0.272 e. The van der Waals surface area contributed by atoms with Crippen LogP contribution in [0.1, 0.15) is 47.9 Å². The summed E-state index contributed by atoms with van der Waals surface area (Å²) in [5.41, 5.74) is 3.99. The van der Waals surface area contributed by atoms with Crippen LogP contribution >= 0.6 is 0 Å². The van der Waals surface area contributed by atoms with Crippen LogP contribution in [0.25, 0.3) is 5.69 Å². The summed E-state index contributed by atoms with van der Waals surface area (Å²) < 4.78 is 1.95. The van der Waals surface area contributed by atoms with Crippen molar-refractivity contribution in [2.24, 2.45) is 0 Å². The van der Waals surface area contributed by atoms with E-state index in [2.05, 4.69) is 17.3 Å². The minimum atomic E-state index is -0.0373. The van der Waals surface area contributed by atoms with Crippen molar-refractivity contribution in [1.82, 2.24) is 15.1 Å². The number of carbonyl (C=O) groups is 1. The zero-order valence-electron chi connectivity index (χ0n) is 12.4. The number of nitrogens with zero attached hydrogens (tertiary/aromatic N) is 2. The fourth-order valence-corrected chi connectivity index (χ4v) is 2.89. The molecule has 2 aromatic rings. The Bertz CT molecular complexity index is 631. The van der Waals surface area contributed by atoms with Crippen LogP contribution in [0, 0.1) is 0 Å². The third kappa shape index (κ3) is 2.71. The fraction of sp³-hybridized carbons (Fsp3) is 0.412. The molecule has 1 aliphatic rings. The Hall–Kier alpha value is -2.10. The minimum Gasteiger partial charge on any atom is -0.351 e. The van der Waals surface area contributed by atoms with Gasteiger partial charge in [0, 0.05) is 17.8 Å². The highest BCUT2D eigenvalue weighted by Crippen LogP contribution is 2.26. The van der Waals surface area contributed by atoms with Crippen LogP contribution < -0.4 is 5.32 Å². The first-order valence-electron chi connectivity index (χ1n) is 7.75. The van der Waals surface area contributed by atoms with Crippen molar-refractivity contribution < 1.29 is 4.79 Å². The van der Waals surface area contributed by atoms with Gasteiger partial charge in [0.15, 0.2) is 5.69 Å². The number of aromatic nitrogens is 2. The number of nitrogens with one attached hydrogen (secondary N) is 1. The summed E-state index contributed by atoms with van der Waals surface area (Å²) in [5.74, 6) is -0.0373. The molecule has 1 aromatic carbocycles. The van der Waals surface area contributed by atoms with E-state index in [-0.39, 0.29) is 5.91 Å². The molecule has 1 aromatic heterocycles. The van der Waals surface area contributed by atoms with Gasteiger partial charge in [-0.1, -0.05) is 25.1 Å². The van der Waals surface area contributed by atoms with Crippen LogP contribution in [0.15, 0.2) is 30.3 Å². The summed E-state index contributed by atoms with van der Waals surface area (Å²) in [6.07, 6.45) is 5.20. The molecule has 0 spiro atoms. The molecule has 0 bridgehead atoms. The normalized spacial score (nSPS) is 13.8. The maximum atomic E-state index is 12.3. The molecule has 21 heavy (non-hydrogen) atoms. The number of rotatable bonds is 4. The summed E-state index contributed by atoms with van der Waals surface area (Å²) in [6, 6.07) is 10.1. The number of hydrogen-bond donors (Lipinski definition) is 1. The van der Waals surface area contributed by atoms with E-state index >= 15 is 0 Å². The SMILES string of the molecule is CCCNC(=O)c1nn(-c2ccccc2)c2c1CCCC2. The second kappa shape index (κ2) is 6.12. The first-order chi connectivity index (χ1) is 10.3. The van der Waals surface area contributed by atoms with E-state index in [1.54, 1.807) is 0 Å². The molecular formula is C17H21N3O. The molecule has 110 valence electrons. The average Bonchev–Trinajstić information content (AvgIpc) is 2.93. The lowest BCUT2D eigenvalue weighted by molar-refractivity contribution is 0.0947. The monoisotopic (exact) mass is 283 g/mol. The van der Waals surface area contributed by atoms with Crippen LogP contribution in [-0.2, 0) is 12.8 Å². The van der Waals surface area contributed by atoms with E-state index in [0.717, 1.165) is 36.9 Å². The lowest BCUT2D eigenvalue weighted by atomic mass is 9.95. The molecule has 1 amide bonds. The first-order valence-corrected chi connectivity index (χ1v) is 7.75. The van der Waals surface area contributed by atoms with Crippen LogP contribution in [0.5, 0.6) is 0 Å². The molecular weight excluding hydrogens is 262 g/mol. The van der Waals surface area contributed by atoms with Gasteiger partial charge in [-0.25, -0.2) is 4.68 Å². The first kappa shape index (κ1) is 13.9. The fourth-order valence-electron chi connectivity index (χ4n) is 2.89. The molecule has 1 heterocycles. The van der Waals surface area contributed by atoms with Gasteiger partial charge < -0.3 is 5.32 Å². The van der Waals surface area contributed by atoms with Gasteiger partial charge in [0.1, 0.15) is 0 Å². The second-order valence-corrected chi connectivity index (χ2v) is 5.48. The van der Waals surface area contributed by atoms with E-state index in [0.29, 0.717) is 12.2 Å². The highest BCUT2D eigenvalue weighted by molar-refractivity contribution is 5.94. The molecule has 4 nitrogen and oxygen atoms in total. The quantitative estimate of drug-likeness (QED) is 0.938. The minimum absolute atomic E-state index is 0.0373. The Kier molecular flexibility index (Phi) is 4.04. The zero-order chi connectivity index (χ0) is 14.7. The van der Waals surface area contributed by atoms with Gasteiger partial charge in [0.25, 0.3) is 5.91 Å². The molecule has 0 fully saturated rings. The summed E-state index contributed by atoms with van der Waals surface area (Å²) in [5, 5.41) is 7.57. The van der Waals surface area contributed by atoms with E-state index < -0.39 is 0 Å². The van der Waals surface area contributed by atoms with Crippen molar-refractivity contribution in [3.8, 4) is 5.69 Å². The summed E-state index contributed by atoms with van der Waals surface area (Å²) in [7, 11) is 0. The number of amides is 1. The average molecular weight is 283 g/mol. The van der Waals surface area contributed by atoms with Crippen LogP contribution in [0.2, 0.25) is 0 Å². The molecule has 4 heteroatoms. The number of para-hydroxylation sites is 1. The van der Waals surface area contributed by atoms with Gasteiger partial charge in [0.05, 0.1) is 5.69 Å². The van der Waals surface area contributed by atoms with E-state index in [4.69, 9.17) is 0 Å². The smallest absolute Gasteiger partial charge is 0.272 e. The zero-order valence-corrected chi connectivity index (χ0v) is 12.4. The third-order valence-electron chi connectivity index (χ3n) is 3.93. The van der Waals surface area contributed by atoms with E-state index in [1.807, 2.05) is 35.0 Å². The number of fused-ring (bicyclic) bond motifs is 1. The summed E-state index contributed by atoms with van der Waals surface area (Å²) in [4.78, 5) is 12.3. The Morgan fingerprint density at radius 1 is 1.24 bits per heavy atom. The Morgan fingerprint density at radius 2 is 2.00 bits per heavy atom. The lowest BCUT2D eigenvalue weighted by Crippen LogP contribution is -2.25. The van der Waals surface area contributed by atoms with Gasteiger partial charge in [-0.05, 0) is 44.2 Å². The van der Waals surface area contributed by atoms with Gasteiger partial charge >= 0.3 is 0 Å². The second-order valence-electron chi connectivity index (χ2n) is 5.48. The molecule has 0 saturated heterocycles. The topological polar surface area (TPSA) is 46.9 Å². The molecule has 0 aliphatic heterocycles. The molecule has 0 atom stereocenters. The van der Waals surface area contributed by atoms with Crippen molar-refractivity contribution >= 4 is 5.91 Å². The van der Waals surface area contributed by atoms with E-state index in [1.165, 1.54) is 12.1 Å². The largest absolute Gasteiger partial charge is 0.351 e. The van der Waals surface area contributed by atoms with Crippen molar-refractivity contribution in [3.05, 3.63) is 47.3 Å². The summed E-state index contributed by atoms with van der Waals surface area (Å²) >= 11 is 0. The summed E-state index contributed by atoms with van der Waals surface area (Å²) in [6.45, 7) is 2.75. The van der Waals surface area contributed by atoms with Gasteiger partial charge in [0.2, 0.25) is 0 Å². The van der Waals surface area contributed by atoms with Crippen LogP contribution in [0.4, 0.5) is 0 Å².